The third-order valence-electron chi connectivity index (χ3n) is 3.72. The van der Waals surface area contributed by atoms with Crippen LogP contribution in [0.3, 0.4) is 0 Å². The van der Waals surface area contributed by atoms with Gasteiger partial charge >= 0.3 is 6.18 Å². The Morgan fingerprint density at radius 3 is 2.19 bits per heavy atom. The van der Waals surface area contributed by atoms with Gasteiger partial charge in [-0.3, -0.25) is 0 Å². The molecule has 0 aliphatic rings. The number of halogens is 4. The highest BCUT2D eigenvalue weighted by Crippen LogP contribution is 2.40. The Morgan fingerprint density at radius 2 is 1.54 bits per heavy atom. The second-order valence-electron chi connectivity index (χ2n) is 5.47. The SMILES string of the molecule is CC(Oc1nnnc(Cl)c1-c1ccccc1-c1ccccc1)C(F)(F)F. The van der Waals surface area contributed by atoms with Crippen LogP contribution < -0.4 is 4.74 Å². The number of benzene rings is 2. The van der Waals surface area contributed by atoms with E-state index < -0.39 is 12.3 Å². The molecule has 1 aromatic heterocycles. The Bertz CT molecular complexity index is 904. The molecule has 0 amide bonds. The number of alkyl halides is 3. The smallest absolute Gasteiger partial charge is 0.425 e. The van der Waals surface area contributed by atoms with Gasteiger partial charge in [-0.05, 0) is 28.8 Å². The topological polar surface area (TPSA) is 47.9 Å². The predicted octanol–water partition coefficient (Wildman–Crippen LogP) is 5.19. The van der Waals surface area contributed by atoms with Gasteiger partial charge in [-0.15, -0.1) is 5.10 Å². The molecular weight excluding hydrogens is 367 g/mol. The van der Waals surface area contributed by atoms with Crippen LogP contribution in [0.5, 0.6) is 5.88 Å². The fourth-order valence-corrected chi connectivity index (χ4v) is 2.62. The zero-order valence-electron chi connectivity index (χ0n) is 13.5. The van der Waals surface area contributed by atoms with Crippen molar-refractivity contribution in [1.29, 1.82) is 0 Å². The van der Waals surface area contributed by atoms with Crippen LogP contribution in [0.1, 0.15) is 6.92 Å². The van der Waals surface area contributed by atoms with E-state index in [1.807, 2.05) is 42.5 Å². The number of rotatable bonds is 4. The third-order valence-corrected chi connectivity index (χ3v) is 3.98. The molecule has 3 aromatic rings. The standard InChI is InChI=1S/C18H13ClF3N3O/c1-11(18(20,21)22)26-17-15(16(19)23-25-24-17)14-10-6-5-9-13(14)12-7-3-2-4-8-12/h2-11H,1H3. The van der Waals surface area contributed by atoms with E-state index in [0.717, 1.165) is 18.1 Å². The van der Waals surface area contributed by atoms with Crippen LogP contribution >= 0.6 is 11.6 Å². The maximum atomic E-state index is 12.9. The summed E-state index contributed by atoms with van der Waals surface area (Å²) in [7, 11) is 0. The van der Waals surface area contributed by atoms with Crippen LogP contribution in [0.4, 0.5) is 13.2 Å². The molecule has 0 bridgehead atoms. The minimum atomic E-state index is -4.55. The molecule has 1 atom stereocenters. The van der Waals surface area contributed by atoms with Crippen LogP contribution in [0, 0.1) is 0 Å². The summed E-state index contributed by atoms with van der Waals surface area (Å²) in [5.41, 5.74) is 2.34. The first-order valence-electron chi connectivity index (χ1n) is 7.65. The molecule has 2 aromatic carbocycles. The monoisotopic (exact) mass is 379 g/mol. The molecule has 0 aliphatic carbocycles. The Kier molecular flexibility index (Phi) is 5.08. The summed E-state index contributed by atoms with van der Waals surface area (Å²) in [6, 6.07) is 16.5. The fraction of sp³-hybridized carbons (Fsp3) is 0.167. The van der Waals surface area contributed by atoms with Gasteiger partial charge in [-0.25, -0.2) is 0 Å². The molecule has 0 fully saturated rings. The zero-order chi connectivity index (χ0) is 18.7. The fourth-order valence-electron chi connectivity index (χ4n) is 2.40. The lowest BCUT2D eigenvalue weighted by molar-refractivity contribution is -0.190. The van der Waals surface area contributed by atoms with Crippen LogP contribution in [-0.2, 0) is 0 Å². The average molecular weight is 380 g/mol. The Hall–Kier alpha value is -2.67. The molecule has 4 nitrogen and oxygen atoms in total. The van der Waals surface area contributed by atoms with Crippen molar-refractivity contribution in [3.8, 4) is 28.1 Å². The number of hydrogen-bond acceptors (Lipinski definition) is 4. The first-order chi connectivity index (χ1) is 12.4. The van der Waals surface area contributed by atoms with Crippen LogP contribution in [0.25, 0.3) is 22.3 Å². The van der Waals surface area contributed by atoms with Crippen molar-refractivity contribution in [2.24, 2.45) is 0 Å². The molecule has 0 radical (unpaired) electrons. The highest BCUT2D eigenvalue weighted by molar-refractivity contribution is 6.32. The number of hydrogen-bond donors (Lipinski definition) is 0. The molecule has 0 saturated heterocycles. The Morgan fingerprint density at radius 1 is 0.923 bits per heavy atom. The summed E-state index contributed by atoms with van der Waals surface area (Å²) < 4.78 is 43.7. The Labute approximate surface area is 152 Å². The first kappa shape index (κ1) is 18.1. The molecule has 1 unspecified atom stereocenters. The van der Waals surface area contributed by atoms with Crippen molar-refractivity contribution >= 4 is 11.6 Å². The van der Waals surface area contributed by atoms with Crippen LogP contribution in [-0.4, -0.2) is 27.7 Å². The predicted molar refractivity (Wildman–Crippen MR) is 91.9 cm³/mol. The minimum Gasteiger partial charge on any atom is -0.463 e. The van der Waals surface area contributed by atoms with Crippen molar-refractivity contribution in [2.45, 2.75) is 19.2 Å². The van der Waals surface area contributed by atoms with Gasteiger partial charge in [0.2, 0.25) is 5.88 Å². The van der Waals surface area contributed by atoms with Gasteiger partial charge in [0.1, 0.15) is 0 Å². The average Bonchev–Trinajstić information content (AvgIpc) is 2.62. The van der Waals surface area contributed by atoms with E-state index in [1.54, 1.807) is 12.1 Å². The number of ether oxygens (including phenoxy) is 1. The maximum absolute atomic E-state index is 12.9. The van der Waals surface area contributed by atoms with E-state index in [9.17, 15) is 13.2 Å². The highest BCUT2D eigenvalue weighted by atomic mass is 35.5. The van der Waals surface area contributed by atoms with E-state index >= 15 is 0 Å². The van der Waals surface area contributed by atoms with E-state index in [1.165, 1.54) is 0 Å². The first-order valence-corrected chi connectivity index (χ1v) is 8.02. The molecule has 1 heterocycles. The van der Waals surface area contributed by atoms with Gasteiger partial charge in [-0.1, -0.05) is 71.3 Å². The van der Waals surface area contributed by atoms with E-state index in [0.29, 0.717) is 5.56 Å². The van der Waals surface area contributed by atoms with E-state index in [2.05, 4.69) is 15.4 Å². The van der Waals surface area contributed by atoms with Crippen molar-refractivity contribution in [3.05, 3.63) is 59.8 Å². The van der Waals surface area contributed by atoms with Crippen molar-refractivity contribution in [2.75, 3.05) is 0 Å². The Balaban J connectivity index is 2.14. The van der Waals surface area contributed by atoms with Gasteiger partial charge in [0.05, 0.1) is 5.56 Å². The molecule has 3 rings (SSSR count). The lowest BCUT2D eigenvalue weighted by Gasteiger charge is -2.19. The summed E-state index contributed by atoms with van der Waals surface area (Å²) in [4.78, 5) is 0. The van der Waals surface area contributed by atoms with Crippen LogP contribution in [0.15, 0.2) is 54.6 Å². The third kappa shape index (κ3) is 3.77. The molecule has 134 valence electrons. The van der Waals surface area contributed by atoms with Crippen LogP contribution in [0.2, 0.25) is 5.15 Å². The molecule has 0 N–H and O–H groups in total. The summed E-state index contributed by atoms with van der Waals surface area (Å²) in [5, 5.41) is 10.6. The second-order valence-corrected chi connectivity index (χ2v) is 5.83. The lowest BCUT2D eigenvalue weighted by atomic mass is 9.96. The van der Waals surface area contributed by atoms with Crippen molar-refractivity contribution in [3.63, 3.8) is 0 Å². The highest BCUT2D eigenvalue weighted by Gasteiger charge is 2.39. The molecule has 0 aliphatic heterocycles. The quantitative estimate of drug-likeness (QED) is 0.626. The molecule has 26 heavy (non-hydrogen) atoms. The molecule has 8 heteroatoms. The van der Waals surface area contributed by atoms with Gasteiger partial charge in [-0.2, -0.15) is 13.2 Å². The van der Waals surface area contributed by atoms with Crippen molar-refractivity contribution in [1.82, 2.24) is 15.4 Å². The molecular formula is C18H13ClF3N3O. The number of aromatic nitrogens is 3. The second kappa shape index (κ2) is 7.29. The van der Waals surface area contributed by atoms with Gasteiger partial charge in [0.25, 0.3) is 0 Å². The summed E-state index contributed by atoms with van der Waals surface area (Å²) in [5.74, 6) is -0.321. The summed E-state index contributed by atoms with van der Waals surface area (Å²) in [6.07, 6.45) is -6.62. The van der Waals surface area contributed by atoms with Crippen molar-refractivity contribution < 1.29 is 17.9 Å². The largest absolute Gasteiger partial charge is 0.463 e. The summed E-state index contributed by atoms with van der Waals surface area (Å²) in [6.45, 7) is 0.892. The normalized spacial score (nSPS) is 12.7. The molecule has 0 spiro atoms. The van der Waals surface area contributed by atoms with E-state index in [-0.39, 0.29) is 16.6 Å². The lowest BCUT2D eigenvalue weighted by Crippen LogP contribution is -2.31. The van der Waals surface area contributed by atoms with Gasteiger partial charge < -0.3 is 4.74 Å². The zero-order valence-corrected chi connectivity index (χ0v) is 14.3. The molecule has 0 saturated carbocycles. The maximum Gasteiger partial charge on any atom is 0.425 e. The van der Waals surface area contributed by atoms with Gasteiger partial charge in [0.15, 0.2) is 11.3 Å². The van der Waals surface area contributed by atoms with Gasteiger partial charge in [0, 0.05) is 0 Å². The minimum absolute atomic E-state index is 0.0900. The van der Waals surface area contributed by atoms with E-state index in [4.69, 9.17) is 16.3 Å². The number of nitrogens with zero attached hydrogens (tertiary/aromatic N) is 3. The summed E-state index contributed by atoms with van der Waals surface area (Å²) >= 11 is 6.15.